The summed E-state index contributed by atoms with van der Waals surface area (Å²) in [5.41, 5.74) is 4.50. The Labute approximate surface area is 167 Å². The van der Waals surface area contributed by atoms with Crippen LogP contribution < -0.4 is 4.90 Å². The van der Waals surface area contributed by atoms with Crippen molar-refractivity contribution in [1.82, 2.24) is 4.90 Å². The van der Waals surface area contributed by atoms with Crippen LogP contribution in [0, 0.1) is 0 Å². The van der Waals surface area contributed by atoms with Gasteiger partial charge >= 0.3 is 6.09 Å². The van der Waals surface area contributed by atoms with Gasteiger partial charge in [0.2, 0.25) is 5.91 Å². The maximum atomic E-state index is 13.0. The van der Waals surface area contributed by atoms with Crippen LogP contribution in [0.25, 0.3) is 0 Å². The highest BCUT2D eigenvalue weighted by atomic mass is 32.1. The minimum Gasteiger partial charge on any atom is -0.447 e. The van der Waals surface area contributed by atoms with Gasteiger partial charge in [0, 0.05) is 18.0 Å². The number of rotatable bonds is 3. The summed E-state index contributed by atoms with van der Waals surface area (Å²) in [7, 11) is 0. The first-order valence-electron chi connectivity index (χ1n) is 9.71. The summed E-state index contributed by atoms with van der Waals surface area (Å²) in [5, 5.41) is 2.08. The smallest absolute Gasteiger partial charge is 0.414 e. The van der Waals surface area contributed by atoms with Gasteiger partial charge in [0.05, 0.1) is 25.3 Å². The van der Waals surface area contributed by atoms with Gasteiger partial charge < -0.3 is 14.4 Å². The lowest BCUT2D eigenvalue weighted by Crippen LogP contribution is -2.38. The fourth-order valence-corrected chi connectivity index (χ4v) is 5.33. The molecule has 3 aliphatic heterocycles. The highest BCUT2D eigenvalue weighted by Gasteiger charge is 2.31. The fourth-order valence-electron chi connectivity index (χ4n) is 4.33. The van der Waals surface area contributed by atoms with Crippen LogP contribution >= 0.6 is 11.3 Å². The average Bonchev–Trinajstić information content (AvgIpc) is 3.36. The molecule has 0 saturated carbocycles. The van der Waals surface area contributed by atoms with E-state index in [1.807, 2.05) is 23.1 Å². The number of anilines is 1. The molecule has 1 aromatic heterocycles. The Hall–Kier alpha value is -2.38. The predicted molar refractivity (Wildman–Crippen MR) is 106 cm³/mol. The Balaban J connectivity index is 1.31. The molecule has 28 heavy (non-hydrogen) atoms. The van der Waals surface area contributed by atoms with Crippen molar-refractivity contribution in [3.05, 3.63) is 51.2 Å². The maximum Gasteiger partial charge on any atom is 0.414 e. The quantitative estimate of drug-likeness (QED) is 0.796. The van der Waals surface area contributed by atoms with E-state index in [1.165, 1.54) is 10.4 Å². The Kier molecular flexibility index (Phi) is 4.56. The minimum absolute atomic E-state index is 0.122. The first kappa shape index (κ1) is 17.7. The van der Waals surface area contributed by atoms with Crippen molar-refractivity contribution in [3.63, 3.8) is 0 Å². The third-order valence-electron chi connectivity index (χ3n) is 5.77. The summed E-state index contributed by atoms with van der Waals surface area (Å²) in [6, 6.07) is 8.11. The number of nitrogens with zero attached hydrogens (tertiary/aromatic N) is 2. The predicted octanol–water partition coefficient (Wildman–Crippen LogP) is 3.29. The van der Waals surface area contributed by atoms with Crippen molar-refractivity contribution >= 4 is 29.0 Å². The van der Waals surface area contributed by atoms with Crippen LogP contribution in [-0.4, -0.2) is 43.2 Å². The second kappa shape index (κ2) is 7.22. The number of carbonyl (C=O) groups is 2. The molecule has 0 N–H and O–H groups in total. The molecule has 1 fully saturated rings. The summed E-state index contributed by atoms with van der Waals surface area (Å²) < 4.78 is 11.0. The molecule has 4 heterocycles. The zero-order chi connectivity index (χ0) is 19.1. The zero-order valence-electron chi connectivity index (χ0n) is 15.6. The standard InChI is InChI=1S/C21H22N2O4S/c24-19(12-18-20-14(5-9-26-18)6-11-28-20)22-7-4-16-15(13-22)2-1-3-17(16)23-8-10-27-21(23)25/h1-3,6,11,18H,4-5,7-10,12-13H2. The molecule has 3 aliphatic rings. The number of fused-ring (bicyclic) bond motifs is 2. The van der Waals surface area contributed by atoms with Crippen molar-refractivity contribution in [2.45, 2.75) is 31.9 Å². The maximum absolute atomic E-state index is 13.0. The molecule has 2 amide bonds. The number of benzene rings is 1. The summed E-state index contributed by atoms with van der Waals surface area (Å²) >= 11 is 1.68. The van der Waals surface area contributed by atoms with Crippen LogP contribution in [0.3, 0.4) is 0 Å². The van der Waals surface area contributed by atoms with Gasteiger partial charge in [0.25, 0.3) is 0 Å². The molecule has 0 spiro atoms. The summed E-state index contributed by atoms with van der Waals surface area (Å²) in [4.78, 5) is 29.7. The Morgan fingerprint density at radius 1 is 1.14 bits per heavy atom. The Bertz CT molecular complexity index is 925. The first-order valence-corrected chi connectivity index (χ1v) is 10.6. The molecule has 0 radical (unpaired) electrons. The lowest BCUT2D eigenvalue weighted by atomic mass is 9.96. The fraction of sp³-hybridized carbons (Fsp3) is 0.429. The van der Waals surface area contributed by atoms with Crippen LogP contribution in [0.2, 0.25) is 0 Å². The van der Waals surface area contributed by atoms with Gasteiger partial charge in [-0.05, 0) is 47.0 Å². The molecule has 0 aliphatic carbocycles. The molecule has 146 valence electrons. The van der Waals surface area contributed by atoms with Crippen LogP contribution in [0.15, 0.2) is 29.6 Å². The summed E-state index contributed by atoms with van der Waals surface area (Å²) in [5.74, 6) is 0.128. The lowest BCUT2D eigenvalue weighted by Gasteiger charge is -2.32. The SMILES string of the molecule is O=C(CC1OCCc2ccsc21)N1CCc2c(cccc2N2CCOC2=O)C1. The van der Waals surface area contributed by atoms with Gasteiger partial charge in [-0.2, -0.15) is 0 Å². The van der Waals surface area contributed by atoms with Gasteiger partial charge in [-0.15, -0.1) is 11.3 Å². The third-order valence-corrected chi connectivity index (χ3v) is 6.82. The van der Waals surface area contributed by atoms with E-state index in [-0.39, 0.29) is 18.1 Å². The average molecular weight is 398 g/mol. The van der Waals surface area contributed by atoms with Crippen molar-refractivity contribution < 1.29 is 19.1 Å². The second-order valence-corrected chi connectivity index (χ2v) is 8.32. The molecule has 1 aromatic carbocycles. The molecular weight excluding hydrogens is 376 g/mol. The van der Waals surface area contributed by atoms with E-state index in [4.69, 9.17) is 9.47 Å². The zero-order valence-corrected chi connectivity index (χ0v) is 16.4. The van der Waals surface area contributed by atoms with E-state index < -0.39 is 0 Å². The third kappa shape index (κ3) is 3.08. The molecule has 0 bridgehead atoms. The highest BCUT2D eigenvalue weighted by Crippen LogP contribution is 2.35. The van der Waals surface area contributed by atoms with E-state index >= 15 is 0 Å². The number of ether oxygens (including phenoxy) is 2. The van der Waals surface area contributed by atoms with Gasteiger partial charge in [-0.25, -0.2) is 4.79 Å². The van der Waals surface area contributed by atoms with Gasteiger partial charge in [-0.3, -0.25) is 9.69 Å². The summed E-state index contributed by atoms with van der Waals surface area (Å²) in [6.07, 6.45) is 1.66. The van der Waals surface area contributed by atoms with Crippen LogP contribution in [0.4, 0.5) is 10.5 Å². The molecule has 1 atom stereocenters. The van der Waals surface area contributed by atoms with Crippen molar-refractivity contribution in [1.29, 1.82) is 0 Å². The molecule has 5 rings (SSSR count). The largest absolute Gasteiger partial charge is 0.447 e. The number of amides is 2. The molecule has 6 nitrogen and oxygen atoms in total. The van der Waals surface area contributed by atoms with Gasteiger partial charge in [0.1, 0.15) is 12.7 Å². The van der Waals surface area contributed by atoms with Crippen LogP contribution in [0.1, 0.15) is 34.1 Å². The molecular formula is C21H22N2O4S. The van der Waals surface area contributed by atoms with Crippen LogP contribution in [-0.2, 0) is 33.7 Å². The molecule has 1 unspecified atom stereocenters. The Morgan fingerprint density at radius 3 is 2.93 bits per heavy atom. The van der Waals surface area contributed by atoms with E-state index in [1.54, 1.807) is 16.2 Å². The number of hydrogen-bond donors (Lipinski definition) is 0. The van der Waals surface area contributed by atoms with Gasteiger partial charge in [-0.1, -0.05) is 12.1 Å². The van der Waals surface area contributed by atoms with Crippen molar-refractivity contribution in [2.75, 3.05) is 31.2 Å². The van der Waals surface area contributed by atoms with E-state index in [0.29, 0.717) is 39.3 Å². The summed E-state index contributed by atoms with van der Waals surface area (Å²) in [6.45, 7) is 2.93. The van der Waals surface area contributed by atoms with Crippen molar-refractivity contribution in [3.8, 4) is 0 Å². The number of carbonyl (C=O) groups excluding carboxylic acids is 2. The first-order chi connectivity index (χ1) is 13.7. The number of cyclic esters (lactones) is 1. The van der Waals surface area contributed by atoms with E-state index in [2.05, 4.69) is 11.4 Å². The van der Waals surface area contributed by atoms with Crippen LogP contribution in [0.5, 0.6) is 0 Å². The Morgan fingerprint density at radius 2 is 2.07 bits per heavy atom. The number of thiophene rings is 1. The second-order valence-electron chi connectivity index (χ2n) is 7.37. The van der Waals surface area contributed by atoms with Crippen molar-refractivity contribution in [2.24, 2.45) is 0 Å². The number of hydrogen-bond acceptors (Lipinski definition) is 5. The monoisotopic (exact) mass is 398 g/mol. The molecule has 7 heteroatoms. The van der Waals surface area contributed by atoms with E-state index in [0.717, 1.165) is 29.7 Å². The molecule has 2 aromatic rings. The normalized spacial score (nSPS) is 21.3. The molecule has 1 saturated heterocycles. The lowest BCUT2D eigenvalue weighted by molar-refractivity contribution is -0.135. The highest BCUT2D eigenvalue weighted by molar-refractivity contribution is 7.10. The topological polar surface area (TPSA) is 59.1 Å². The minimum atomic E-state index is -0.284. The van der Waals surface area contributed by atoms with E-state index in [9.17, 15) is 9.59 Å². The van der Waals surface area contributed by atoms with Gasteiger partial charge in [0.15, 0.2) is 0 Å².